The molecule has 1 fully saturated rings. The number of nitrogens with two attached hydrogens (primary N) is 1. The van der Waals surface area contributed by atoms with Gasteiger partial charge in [-0.15, -0.1) is 0 Å². The van der Waals surface area contributed by atoms with E-state index in [0.717, 1.165) is 48.3 Å². The average molecular weight is 278 g/mol. The summed E-state index contributed by atoms with van der Waals surface area (Å²) in [5.74, 6) is 0.234. The molecule has 0 bridgehead atoms. The summed E-state index contributed by atoms with van der Waals surface area (Å²) in [5, 5.41) is 0. The highest BCUT2D eigenvalue weighted by atomic mass is 16.2. The molecule has 21 heavy (non-hydrogen) atoms. The monoisotopic (exact) mass is 278 g/mol. The van der Waals surface area contributed by atoms with Crippen molar-refractivity contribution in [2.45, 2.75) is 24.7 Å². The average Bonchev–Trinajstić information content (AvgIpc) is 3.22. The van der Waals surface area contributed by atoms with Gasteiger partial charge in [0.1, 0.15) is 0 Å². The maximum Gasteiger partial charge on any atom is 0.237 e. The number of anilines is 2. The number of nitrogen functional groups attached to an aromatic ring is 1. The zero-order valence-electron chi connectivity index (χ0n) is 11.9. The Balaban J connectivity index is 1.71. The van der Waals surface area contributed by atoms with Gasteiger partial charge in [-0.25, -0.2) is 0 Å². The summed E-state index contributed by atoms with van der Waals surface area (Å²) >= 11 is 0. The zero-order chi connectivity index (χ0) is 14.4. The van der Waals surface area contributed by atoms with Crippen LogP contribution in [0.15, 0.2) is 48.5 Å². The molecule has 0 radical (unpaired) electrons. The van der Waals surface area contributed by atoms with E-state index in [1.807, 2.05) is 41.3 Å². The summed E-state index contributed by atoms with van der Waals surface area (Å²) in [4.78, 5) is 15.0. The maximum atomic E-state index is 13.1. The van der Waals surface area contributed by atoms with Crippen LogP contribution >= 0.6 is 0 Å². The molecule has 3 nitrogen and oxygen atoms in total. The molecule has 1 saturated carbocycles. The van der Waals surface area contributed by atoms with Crippen LogP contribution in [0.5, 0.6) is 0 Å². The first-order chi connectivity index (χ1) is 10.2. The van der Waals surface area contributed by atoms with Crippen molar-refractivity contribution in [3.8, 4) is 0 Å². The van der Waals surface area contributed by atoms with Crippen LogP contribution < -0.4 is 10.6 Å². The van der Waals surface area contributed by atoms with Crippen molar-refractivity contribution in [2.24, 2.45) is 0 Å². The molecule has 0 spiro atoms. The summed E-state index contributed by atoms with van der Waals surface area (Å²) < 4.78 is 0. The molecule has 0 atom stereocenters. The quantitative estimate of drug-likeness (QED) is 0.859. The van der Waals surface area contributed by atoms with Gasteiger partial charge in [-0.3, -0.25) is 4.79 Å². The Kier molecular flexibility index (Phi) is 2.58. The minimum atomic E-state index is -0.298. The second kappa shape index (κ2) is 4.35. The van der Waals surface area contributed by atoms with E-state index in [0.29, 0.717) is 0 Å². The molecule has 0 unspecified atom stereocenters. The highest BCUT2D eigenvalue weighted by Gasteiger charge is 2.53. The van der Waals surface area contributed by atoms with Crippen molar-refractivity contribution in [3.05, 3.63) is 59.7 Å². The SMILES string of the molecule is Nc1cccc2c1CCN2C(=O)C1(c2ccccc2)CC1. The van der Waals surface area contributed by atoms with Gasteiger partial charge in [0.25, 0.3) is 0 Å². The van der Waals surface area contributed by atoms with Gasteiger partial charge in [-0.2, -0.15) is 0 Å². The highest BCUT2D eigenvalue weighted by molar-refractivity contribution is 6.05. The molecule has 2 N–H and O–H groups in total. The molecule has 2 aliphatic rings. The van der Waals surface area contributed by atoms with Crippen LogP contribution in [0.4, 0.5) is 11.4 Å². The first kappa shape index (κ1) is 12.5. The molecular formula is C18H18N2O. The van der Waals surface area contributed by atoms with Crippen LogP contribution in [0.25, 0.3) is 0 Å². The summed E-state index contributed by atoms with van der Waals surface area (Å²) in [5.41, 5.74) is 9.80. The van der Waals surface area contributed by atoms with Crippen LogP contribution in [-0.4, -0.2) is 12.5 Å². The molecule has 1 aliphatic carbocycles. The van der Waals surface area contributed by atoms with Gasteiger partial charge in [0.2, 0.25) is 5.91 Å². The van der Waals surface area contributed by atoms with Gasteiger partial charge in [0.15, 0.2) is 0 Å². The Morgan fingerprint density at radius 3 is 2.52 bits per heavy atom. The lowest BCUT2D eigenvalue weighted by Gasteiger charge is -2.24. The first-order valence-corrected chi connectivity index (χ1v) is 7.47. The standard InChI is InChI=1S/C18H18N2O/c19-15-7-4-8-16-14(15)9-12-20(16)17(21)18(10-11-18)13-5-2-1-3-6-13/h1-8H,9-12,19H2. The van der Waals surface area contributed by atoms with Crippen molar-refractivity contribution in [1.29, 1.82) is 0 Å². The van der Waals surface area contributed by atoms with Crippen LogP contribution in [0.1, 0.15) is 24.0 Å². The lowest BCUT2D eigenvalue weighted by molar-refractivity contribution is -0.120. The molecule has 0 aromatic heterocycles. The van der Waals surface area contributed by atoms with E-state index in [1.54, 1.807) is 0 Å². The lowest BCUT2D eigenvalue weighted by Crippen LogP contribution is -2.38. The fourth-order valence-electron chi connectivity index (χ4n) is 3.44. The van der Waals surface area contributed by atoms with E-state index in [-0.39, 0.29) is 11.3 Å². The van der Waals surface area contributed by atoms with Crippen molar-refractivity contribution < 1.29 is 4.79 Å². The van der Waals surface area contributed by atoms with Crippen molar-refractivity contribution in [1.82, 2.24) is 0 Å². The fraction of sp³-hybridized carbons (Fsp3) is 0.278. The highest BCUT2D eigenvalue weighted by Crippen LogP contribution is 2.51. The molecule has 1 aliphatic heterocycles. The molecule has 2 aromatic rings. The number of rotatable bonds is 2. The Hall–Kier alpha value is -2.29. The van der Waals surface area contributed by atoms with Gasteiger partial charge >= 0.3 is 0 Å². The van der Waals surface area contributed by atoms with Crippen LogP contribution in [0.2, 0.25) is 0 Å². The van der Waals surface area contributed by atoms with Gasteiger partial charge in [-0.1, -0.05) is 36.4 Å². The largest absolute Gasteiger partial charge is 0.398 e. The van der Waals surface area contributed by atoms with Gasteiger partial charge < -0.3 is 10.6 Å². The molecule has 106 valence electrons. The molecule has 3 heteroatoms. The smallest absolute Gasteiger partial charge is 0.237 e. The Bertz CT molecular complexity index is 704. The number of fused-ring (bicyclic) bond motifs is 1. The molecule has 0 saturated heterocycles. The summed E-state index contributed by atoms with van der Waals surface area (Å²) in [6.45, 7) is 0.747. The molecule has 1 amide bonds. The Labute approximate surface area is 124 Å². The van der Waals surface area contributed by atoms with E-state index in [9.17, 15) is 4.79 Å². The zero-order valence-corrected chi connectivity index (χ0v) is 11.9. The van der Waals surface area contributed by atoms with Crippen molar-refractivity contribution in [3.63, 3.8) is 0 Å². The van der Waals surface area contributed by atoms with Crippen LogP contribution in [0.3, 0.4) is 0 Å². The van der Waals surface area contributed by atoms with E-state index in [1.165, 1.54) is 0 Å². The second-order valence-corrected chi connectivity index (χ2v) is 6.00. The normalized spacial score (nSPS) is 18.4. The minimum absolute atomic E-state index is 0.234. The van der Waals surface area contributed by atoms with Crippen molar-refractivity contribution >= 4 is 17.3 Å². The number of hydrogen-bond acceptors (Lipinski definition) is 2. The maximum absolute atomic E-state index is 13.1. The van der Waals surface area contributed by atoms with Crippen LogP contribution in [0, 0.1) is 0 Å². The number of benzene rings is 2. The Morgan fingerprint density at radius 2 is 1.81 bits per heavy atom. The lowest BCUT2D eigenvalue weighted by atomic mass is 9.94. The number of carbonyl (C=O) groups is 1. The predicted octanol–water partition coefficient (Wildman–Crippen LogP) is 2.89. The van der Waals surface area contributed by atoms with Gasteiger partial charge in [-0.05, 0) is 37.0 Å². The van der Waals surface area contributed by atoms with E-state index >= 15 is 0 Å². The van der Waals surface area contributed by atoms with Crippen molar-refractivity contribution in [2.75, 3.05) is 17.2 Å². The second-order valence-electron chi connectivity index (χ2n) is 6.00. The van der Waals surface area contributed by atoms with Crippen LogP contribution in [-0.2, 0) is 16.6 Å². The number of carbonyl (C=O) groups excluding carboxylic acids is 1. The first-order valence-electron chi connectivity index (χ1n) is 7.47. The number of hydrogen-bond donors (Lipinski definition) is 1. The van der Waals surface area contributed by atoms with E-state index in [4.69, 9.17) is 5.73 Å². The van der Waals surface area contributed by atoms with Gasteiger partial charge in [0.05, 0.1) is 5.41 Å². The molecule has 1 heterocycles. The summed E-state index contributed by atoms with van der Waals surface area (Å²) in [6, 6.07) is 16.0. The number of amides is 1. The number of nitrogens with zero attached hydrogens (tertiary/aromatic N) is 1. The molecule has 2 aromatic carbocycles. The fourth-order valence-corrected chi connectivity index (χ4v) is 3.44. The minimum Gasteiger partial charge on any atom is -0.398 e. The Morgan fingerprint density at radius 1 is 1.05 bits per heavy atom. The summed E-state index contributed by atoms with van der Waals surface area (Å²) in [7, 11) is 0. The summed E-state index contributed by atoms with van der Waals surface area (Å²) in [6.07, 6.45) is 2.76. The third-order valence-electron chi connectivity index (χ3n) is 4.79. The van der Waals surface area contributed by atoms with Gasteiger partial charge in [0, 0.05) is 23.5 Å². The van der Waals surface area contributed by atoms with E-state index < -0.39 is 0 Å². The van der Waals surface area contributed by atoms with E-state index in [2.05, 4.69) is 12.1 Å². The molecular weight excluding hydrogens is 260 g/mol. The third-order valence-corrected chi connectivity index (χ3v) is 4.79. The predicted molar refractivity (Wildman–Crippen MR) is 84.3 cm³/mol. The topological polar surface area (TPSA) is 46.3 Å². The molecule has 4 rings (SSSR count). The third kappa shape index (κ3) is 1.77.